The number of piperidine rings is 1. The molecule has 1 aliphatic heterocycles. The SMILES string of the molecule is CN(C)CCOc1cccc(NC2CCCNC2)c1. The molecule has 1 heterocycles. The summed E-state index contributed by atoms with van der Waals surface area (Å²) in [5, 5.41) is 6.98. The van der Waals surface area contributed by atoms with E-state index in [2.05, 4.69) is 41.8 Å². The summed E-state index contributed by atoms with van der Waals surface area (Å²) >= 11 is 0. The van der Waals surface area contributed by atoms with Gasteiger partial charge in [0.05, 0.1) is 0 Å². The monoisotopic (exact) mass is 263 g/mol. The minimum absolute atomic E-state index is 0.533. The lowest BCUT2D eigenvalue weighted by Gasteiger charge is -2.25. The van der Waals surface area contributed by atoms with Crippen LogP contribution in [0.5, 0.6) is 5.75 Å². The van der Waals surface area contributed by atoms with Crippen molar-refractivity contribution in [2.24, 2.45) is 0 Å². The topological polar surface area (TPSA) is 36.5 Å². The van der Waals surface area contributed by atoms with Crippen molar-refractivity contribution >= 4 is 5.69 Å². The van der Waals surface area contributed by atoms with E-state index >= 15 is 0 Å². The first-order valence-corrected chi connectivity index (χ1v) is 7.09. The maximum atomic E-state index is 5.75. The molecule has 4 nitrogen and oxygen atoms in total. The summed E-state index contributed by atoms with van der Waals surface area (Å²) < 4.78 is 5.75. The van der Waals surface area contributed by atoms with Gasteiger partial charge in [-0.1, -0.05) is 6.07 Å². The average molecular weight is 263 g/mol. The van der Waals surface area contributed by atoms with E-state index in [1.807, 2.05) is 12.1 Å². The quantitative estimate of drug-likeness (QED) is 0.820. The summed E-state index contributed by atoms with van der Waals surface area (Å²) in [6.07, 6.45) is 2.48. The molecular weight excluding hydrogens is 238 g/mol. The summed E-state index contributed by atoms with van der Waals surface area (Å²) in [5.74, 6) is 0.940. The van der Waals surface area contributed by atoms with Crippen molar-refractivity contribution in [2.75, 3.05) is 45.7 Å². The Balaban J connectivity index is 1.83. The molecule has 0 aromatic heterocycles. The molecule has 1 atom stereocenters. The zero-order valence-corrected chi connectivity index (χ0v) is 12.0. The summed E-state index contributed by atoms with van der Waals surface area (Å²) in [6.45, 7) is 3.85. The Hall–Kier alpha value is -1.26. The van der Waals surface area contributed by atoms with Crippen LogP contribution in [0.4, 0.5) is 5.69 Å². The van der Waals surface area contributed by atoms with E-state index in [4.69, 9.17) is 4.74 Å². The third-order valence-corrected chi connectivity index (χ3v) is 3.31. The van der Waals surface area contributed by atoms with Gasteiger partial charge in [0.25, 0.3) is 0 Å². The Morgan fingerprint density at radius 1 is 1.42 bits per heavy atom. The highest BCUT2D eigenvalue weighted by molar-refractivity contribution is 5.49. The Morgan fingerprint density at radius 3 is 3.05 bits per heavy atom. The smallest absolute Gasteiger partial charge is 0.121 e. The first-order chi connectivity index (χ1) is 9.24. The second kappa shape index (κ2) is 7.36. The second-order valence-corrected chi connectivity index (χ2v) is 5.37. The van der Waals surface area contributed by atoms with E-state index in [1.54, 1.807) is 0 Å². The molecule has 4 heteroatoms. The van der Waals surface area contributed by atoms with Crippen molar-refractivity contribution in [1.82, 2.24) is 10.2 Å². The highest BCUT2D eigenvalue weighted by Gasteiger charge is 2.12. The summed E-state index contributed by atoms with van der Waals surface area (Å²) in [6, 6.07) is 8.78. The Morgan fingerprint density at radius 2 is 2.32 bits per heavy atom. The van der Waals surface area contributed by atoms with Gasteiger partial charge in [0.1, 0.15) is 12.4 Å². The molecule has 19 heavy (non-hydrogen) atoms. The zero-order valence-electron chi connectivity index (χ0n) is 12.0. The number of nitrogens with zero attached hydrogens (tertiary/aromatic N) is 1. The first-order valence-electron chi connectivity index (χ1n) is 7.09. The van der Waals surface area contributed by atoms with E-state index in [0.29, 0.717) is 6.04 Å². The van der Waals surface area contributed by atoms with Crippen LogP contribution in [-0.4, -0.2) is 51.3 Å². The molecular formula is C15H25N3O. The lowest BCUT2D eigenvalue weighted by Crippen LogP contribution is -2.38. The van der Waals surface area contributed by atoms with Crippen molar-refractivity contribution in [2.45, 2.75) is 18.9 Å². The highest BCUT2D eigenvalue weighted by atomic mass is 16.5. The van der Waals surface area contributed by atoms with Gasteiger partial charge in [0.2, 0.25) is 0 Å². The molecule has 1 unspecified atom stereocenters. The normalized spacial score (nSPS) is 19.4. The van der Waals surface area contributed by atoms with Crippen molar-refractivity contribution in [1.29, 1.82) is 0 Å². The fraction of sp³-hybridized carbons (Fsp3) is 0.600. The summed E-state index contributed by atoms with van der Waals surface area (Å²) in [5.41, 5.74) is 1.15. The Labute approximate surface area is 116 Å². The van der Waals surface area contributed by atoms with Crippen LogP contribution in [0.15, 0.2) is 24.3 Å². The molecule has 106 valence electrons. The minimum atomic E-state index is 0.533. The van der Waals surface area contributed by atoms with Gasteiger partial charge in [-0.2, -0.15) is 0 Å². The van der Waals surface area contributed by atoms with Gasteiger partial charge in [0.15, 0.2) is 0 Å². The van der Waals surface area contributed by atoms with Gasteiger partial charge < -0.3 is 20.3 Å². The maximum Gasteiger partial charge on any atom is 0.121 e. The third kappa shape index (κ3) is 5.09. The fourth-order valence-electron chi connectivity index (χ4n) is 2.23. The average Bonchev–Trinajstić information content (AvgIpc) is 2.40. The molecule has 0 spiro atoms. The van der Waals surface area contributed by atoms with Gasteiger partial charge in [-0.25, -0.2) is 0 Å². The molecule has 1 saturated heterocycles. The van der Waals surface area contributed by atoms with E-state index in [9.17, 15) is 0 Å². The number of rotatable bonds is 6. The molecule has 1 aromatic rings. The number of likely N-dealkylation sites (N-methyl/N-ethyl adjacent to an activating group) is 1. The Kier molecular flexibility index (Phi) is 5.48. The van der Waals surface area contributed by atoms with Crippen LogP contribution in [0, 0.1) is 0 Å². The Bertz CT molecular complexity index is 375. The van der Waals surface area contributed by atoms with E-state index in [1.165, 1.54) is 12.8 Å². The molecule has 0 saturated carbocycles. The number of ether oxygens (including phenoxy) is 1. The van der Waals surface area contributed by atoms with Gasteiger partial charge in [-0.05, 0) is 45.6 Å². The van der Waals surface area contributed by atoms with Crippen molar-refractivity contribution in [3.8, 4) is 5.75 Å². The van der Waals surface area contributed by atoms with Gasteiger partial charge >= 0.3 is 0 Å². The van der Waals surface area contributed by atoms with E-state index in [-0.39, 0.29) is 0 Å². The van der Waals surface area contributed by atoms with Crippen LogP contribution in [0.1, 0.15) is 12.8 Å². The molecule has 0 radical (unpaired) electrons. The van der Waals surface area contributed by atoms with Crippen LogP contribution < -0.4 is 15.4 Å². The van der Waals surface area contributed by atoms with Crippen LogP contribution >= 0.6 is 0 Å². The van der Waals surface area contributed by atoms with Crippen LogP contribution in [0.2, 0.25) is 0 Å². The molecule has 2 N–H and O–H groups in total. The van der Waals surface area contributed by atoms with E-state index in [0.717, 1.165) is 37.7 Å². The predicted octanol–water partition coefficient (Wildman–Crippen LogP) is 1.79. The second-order valence-electron chi connectivity index (χ2n) is 5.37. The lowest BCUT2D eigenvalue weighted by molar-refractivity contribution is 0.261. The predicted molar refractivity (Wildman–Crippen MR) is 80.0 cm³/mol. The number of hydrogen-bond acceptors (Lipinski definition) is 4. The van der Waals surface area contributed by atoms with Gasteiger partial charge in [-0.3, -0.25) is 0 Å². The first kappa shape index (κ1) is 14.2. The fourth-order valence-corrected chi connectivity index (χ4v) is 2.23. The standard InChI is InChI=1S/C15H25N3O/c1-18(2)9-10-19-15-7-3-5-13(11-15)17-14-6-4-8-16-12-14/h3,5,7,11,14,16-17H,4,6,8-10,12H2,1-2H3. The molecule has 0 aliphatic carbocycles. The van der Waals surface area contributed by atoms with Crippen LogP contribution in [0.25, 0.3) is 0 Å². The number of hydrogen-bond donors (Lipinski definition) is 2. The number of anilines is 1. The van der Waals surface area contributed by atoms with Crippen molar-refractivity contribution in [3.05, 3.63) is 24.3 Å². The lowest BCUT2D eigenvalue weighted by atomic mass is 10.1. The third-order valence-electron chi connectivity index (χ3n) is 3.31. The van der Waals surface area contributed by atoms with Crippen molar-refractivity contribution in [3.63, 3.8) is 0 Å². The van der Waals surface area contributed by atoms with Crippen molar-refractivity contribution < 1.29 is 4.74 Å². The highest BCUT2D eigenvalue weighted by Crippen LogP contribution is 2.19. The molecule has 1 fully saturated rings. The molecule has 0 bridgehead atoms. The maximum absolute atomic E-state index is 5.75. The number of benzene rings is 1. The molecule has 1 aliphatic rings. The minimum Gasteiger partial charge on any atom is -0.492 e. The molecule has 0 amide bonds. The van der Waals surface area contributed by atoms with Crippen LogP contribution in [0.3, 0.4) is 0 Å². The largest absolute Gasteiger partial charge is 0.492 e. The summed E-state index contributed by atoms with van der Waals surface area (Å²) in [7, 11) is 4.11. The summed E-state index contributed by atoms with van der Waals surface area (Å²) in [4.78, 5) is 2.12. The van der Waals surface area contributed by atoms with Crippen LogP contribution in [-0.2, 0) is 0 Å². The van der Waals surface area contributed by atoms with E-state index < -0.39 is 0 Å². The van der Waals surface area contributed by atoms with Gasteiger partial charge in [-0.15, -0.1) is 0 Å². The zero-order chi connectivity index (χ0) is 13.5. The molecule has 1 aromatic carbocycles. The van der Waals surface area contributed by atoms with Gasteiger partial charge in [0, 0.05) is 30.9 Å². The molecule has 2 rings (SSSR count). The number of nitrogens with one attached hydrogen (secondary N) is 2.